The predicted octanol–water partition coefficient (Wildman–Crippen LogP) is 3.93. The van der Waals surface area contributed by atoms with Crippen LogP contribution in [0.2, 0.25) is 0 Å². The van der Waals surface area contributed by atoms with Gasteiger partial charge in [-0.25, -0.2) is 19.2 Å². The van der Waals surface area contributed by atoms with Crippen LogP contribution in [0.5, 0.6) is 11.5 Å². The van der Waals surface area contributed by atoms with E-state index in [1.807, 2.05) is 0 Å². The van der Waals surface area contributed by atoms with Crippen molar-refractivity contribution in [3.63, 3.8) is 0 Å². The van der Waals surface area contributed by atoms with Gasteiger partial charge >= 0.3 is 23.9 Å². The highest BCUT2D eigenvalue weighted by atomic mass is 16.5. The Hall–Kier alpha value is -6.70. The molecule has 0 spiro atoms. The molecule has 0 unspecified atom stereocenters. The Morgan fingerprint density at radius 1 is 0.562 bits per heavy atom. The average molecular weight is 657 g/mol. The van der Waals surface area contributed by atoms with Crippen molar-refractivity contribution in [3.05, 3.63) is 129 Å². The zero-order valence-electron chi connectivity index (χ0n) is 25.2. The summed E-state index contributed by atoms with van der Waals surface area (Å²) in [5.74, 6) is -6.48. The zero-order chi connectivity index (χ0) is 35.0. The number of carbonyl (C=O) groups excluding carboxylic acids is 2. The van der Waals surface area contributed by atoms with Crippen molar-refractivity contribution in [1.29, 1.82) is 0 Å². The Kier molecular flexibility index (Phi) is 10.7. The first kappa shape index (κ1) is 34.2. The summed E-state index contributed by atoms with van der Waals surface area (Å²) in [6.07, 6.45) is 0. The van der Waals surface area contributed by atoms with Crippen molar-refractivity contribution >= 4 is 35.7 Å². The zero-order valence-corrected chi connectivity index (χ0v) is 25.2. The molecule has 4 aromatic carbocycles. The Morgan fingerprint density at radius 2 is 1.08 bits per heavy atom. The Morgan fingerprint density at radius 3 is 1.56 bits per heavy atom. The Bertz CT molecular complexity index is 1900. The van der Waals surface area contributed by atoms with E-state index in [0.29, 0.717) is 11.1 Å². The van der Waals surface area contributed by atoms with Crippen LogP contribution in [-0.4, -0.2) is 63.2 Å². The highest BCUT2D eigenvalue weighted by Gasteiger charge is 2.24. The summed E-state index contributed by atoms with van der Waals surface area (Å²) in [5.41, 5.74) is 0.434. The lowest BCUT2D eigenvalue weighted by Crippen LogP contribution is -2.26. The summed E-state index contributed by atoms with van der Waals surface area (Å²) < 4.78 is 11.0. The molecule has 4 rings (SSSR count). The SMILES string of the molecule is COc1cc(COc2ccc(C(=O)NCc3ccc(C(=O)O)cc3)c(C(=O)O)c2)cc(C(=O)O)c1C(=O)NCc1ccc(C(=O)O)cc1. The molecular formula is C34H28N2O12. The minimum absolute atomic E-state index is 0.0116. The summed E-state index contributed by atoms with van der Waals surface area (Å²) in [7, 11) is 1.25. The van der Waals surface area contributed by atoms with Crippen LogP contribution in [0.3, 0.4) is 0 Å². The fourth-order valence-corrected chi connectivity index (χ4v) is 4.55. The van der Waals surface area contributed by atoms with Crippen molar-refractivity contribution in [2.24, 2.45) is 0 Å². The molecule has 0 bridgehead atoms. The predicted molar refractivity (Wildman–Crippen MR) is 167 cm³/mol. The quantitative estimate of drug-likeness (QED) is 0.114. The van der Waals surface area contributed by atoms with Crippen LogP contribution in [0.25, 0.3) is 0 Å². The van der Waals surface area contributed by atoms with Crippen LogP contribution in [0.1, 0.15) is 78.8 Å². The molecule has 6 N–H and O–H groups in total. The van der Waals surface area contributed by atoms with Crippen molar-refractivity contribution in [2.45, 2.75) is 19.7 Å². The van der Waals surface area contributed by atoms with E-state index in [-0.39, 0.29) is 70.1 Å². The molecule has 0 aliphatic heterocycles. The van der Waals surface area contributed by atoms with Crippen molar-refractivity contribution in [1.82, 2.24) is 10.6 Å². The van der Waals surface area contributed by atoms with Crippen LogP contribution in [0.15, 0.2) is 78.9 Å². The second-order valence-electron chi connectivity index (χ2n) is 10.2. The lowest BCUT2D eigenvalue weighted by atomic mass is 10.0. The highest BCUT2D eigenvalue weighted by molar-refractivity contribution is 6.07. The van der Waals surface area contributed by atoms with E-state index in [4.69, 9.17) is 19.7 Å². The Balaban J connectivity index is 1.47. The number of carboxylic acids is 4. The van der Waals surface area contributed by atoms with Gasteiger partial charge in [0, 0.05) is 13.1 Å². The fraction of sp³-hybridized carbons (Fsp3) is 0.118. The van der Waals surface area contributed by atoms with Gasteiger partial charge < -0.3 is 40.5 Å². The van der Waals surface area contributed by atoms with Gasteiger partial charge in [-0.05, 0) is 71.3 Å². The number of carboxylic acid groups (broad SMARTS) is 4. The van der Waals surface area contributed by atoms with Gasteiger partial charge in [-0.2, -0.15) is 0 Å². The molecule has 0 radical (unpaired) electrons. The molecule has 48 heavy (non-hydrogen) atoms. The monoisotopic (exact) mass is 656 g/mol. The first-order valence-electron chi connectivity index (χ1n) is 14.0. The average Bonchev–Trinajstić information content (AvgIpc) is 3.08. The number of rotatable bonds is 14. The number of hydrogen-bond acceptors (Lipinski definition) is 8. The van der Waals surface area contributed by atoms with Crippen LogP contribution >= 0.6 is 0 Å². The van der Waals surface area contributed by atoms with Gasteiger partial charge in [0.25, 0.3) is 11.8 Å². The molecule has 246 valence electrons. The molecule has 0 aromatic heterocycles. The van der Waals surface area contributed by atoms with Crippen LogP contribution < -0.4 is 20.1 Å². The minimum atomic E-state index is -1.42. The lowest BCUT2D eigenvalue weighted by molar-refractivity contribution is 0.0681. The maximum Gasteiger partial charge on any atom is 0.336 e. The maximum atomic E-state index is 13.1. The molecule has 0 fully saturated rings. The van der Waals surface area contributed by atoms with Crippen LogP contribution in [-0.2, 0) is 19.7 Å². The van der Waals surface area contributed by atoms with Gasteiger partial charge in [0.2, 0.25) is 0 Å². The number of hydrogen-bond donors (Lipinski definition) is 6. The van der Waals surface area contributed by atoms with Gasteiger partial charge in [0.1, 0.15) is 18.1 Å². The third-order valence-electron chi connectivity index (χ3n) is 7.02. The number of methoxy groups -OCH3 is 1. The van der Waals surface area contributed by atoms with Crippen LogP contribution in [0.4, 0.5) is 0 Å². The first-order valence-corrected chi connectivity index (χ1v) is 14.0. The summed E-state index contributed by atoms with van der Waals surface area (Å²) >= 11 is 0. The molecular weight excluding hydrogens is 628 g/mol. The van der Waals surface area contributed by atoms with Crippen molar-refractivity contribution in [3.8, 4) is 11.5 Å². The molecule has 0 aliphatic carbocycles. The van der Waals surface area contributed by atoms with Crippen molar-refractivity contribution in [2.75, 3.05) is 7.11 Å². The molecule has 0 saturated carbocycles. The molecule has 14 nitrogen and oxygen atoms in total. The summed E-state index contributed by atoms with van der Waals surface area (Å²) in [6, 6.07) is 17.9. The number of ether oxygens (including phenoxy) is 2. The molecule has 0 saturated heterocycles. The fourth-order valence-electron chi connectivity index (χ4n) is 4.55. The summed E-state index contributed by atoms with van der Waals surface area (Å²) in [5, 5.41) is 42.9. The smallest absolute Gasteiger partial charge is 0.336 e. The number of aromatic carboxylic acids is 4. The highest BCUT2D eigenvalue weighted by Crippen LogP contribution is 2.27. The largest absolute Gasteiger partial charge is 0.496 e. The molecule has 0 heterocycles. The van der Waals surface area contributed by atoms with E-state index in [1.54, 1.807) is 0 Å². The number of carbonyl (C=O) groups is 6. The van der Waals surface area contributed by atoms with E-state index in [0.717, 1.165) is 6.07 Å². The van der Waals surface area contributed by atoms with E-state index in [2.05, 4.69) is 10.6 Å². The maximum absolute atomic E-state index is 13.1. The minimum Gasteiger partial charge on any atom is -0.496 e. The summed E-state index contributed by atoms with van der Waals surface area (Å²) in [4.78, 5) is 72.1. The second-order valence-corrected chi connectivity index (χ2v) is 10.2. The van der Waals surface area contributed by atoms with Gasteiger partial charge in [0.05, 0.1) is 40.5 Å². The van der Waals surface area contributed by atoms with E-state index in [1.165, 1.54) is 79.9 Å². The van der Waals surface area contributed by atoms with E-state index in [9.17, 15) is 39.0 Å². The number of nitrogens with one attached hydrogen (secondary N) is 2. The molecule has 0 aliphatic rings. The van der Waals surface area contributed by atoms with Gasteiger partial charge in [-0.3, -0.25) is 9.59 Å². The number of benzene rings is 4. The first-order chi connectivity index (χ1) is 22.9. The third-order valence-corrected chi connectivity index (χ3v) is 7.02. The second kappa shape index (κ2) is 15.1. The topological polar surface area (TPSA) is 226 Å². The molecule has 14 heteroatoms. The Labute approximate surface area is 272 Å². The third kappa shape index (κ3) is 8.31. The van der Waals surface area contributed by atoms with E-state index < -0.39 is 35.7 Å². The number of amides is 2. The van der Waals surface area contributed by atoms with Gasteiger partial charge in [0.15, 0.2) is 0 Å². The molecule has 2 amide bonds. The van der Waals surface area contributed by atoms with E-state index >= 15 is 0 Å². The molecule has 4 aromatic rings. The van der Waals surface area contributed by atoms with Gasteiger partial charge in [-0.1, -0.05) is 24.3 Å². The lowest BCUT2D eigenvalue weighted by Gasteiger charge is -2.15. The van der Waals surface area contributed by atoms with Crippen LogP contribution in [0, 0.1) is 0 Å². The standard InChI is InChI=1S/C34H28N2O12/c1-47-27-13-20(12-26(34(45)46)28(27)30(38)36-16-19-4-8-22(9-5-19)32(41)42)17-48-23-10-11-24(25(14-23)33(43)44)29(37)35-15-18-2-6-21(7-3-18)31(39)40/h2-14H,15-17H2,1H3,(H,35,37)(H,36,38)(H,39,40)(H,41,42)(H,43,44)(H,45,46). The normalized spacial score (nSPS) is 10.4. The van der Waals surface area contributed by atoms with Crippen molar-refractivity contribution < 1.29 is 58.7 Å². The molecule has 0 atom stereocenters. The van der Waals surface area contributed by atoms with Gasteiger partial charge in [-0.15, -0.1) is 0 Å². The summed E-state index contributed by atoms with van der Waals surface area (Å²) in [6.45, 7) is -0.269.